The number of nitrogens with one attached hydrogen (secondary N) is 1. The van der Waals surface area contributed by atoms with Crippen molar-refractivity contribution in [2.45, 2.75) is 38.8 Å². The Balaban J connectivity index is 2.28. The second-order valence-corrected chi connectivity index (χ2v) is 4.35. The van der Waals surface area contributed by atoms with Gasteiger partial charge in [-0.15, -0.1) is 0 Å². The molecule has 3 nitrogen and oxygen atoms in total. The van der Waals surface area contributed by atoms with Crippen LogP contribution in [-0.2, 0) is 0 Å². The Kier molecular flexibility index (Phi) is 3.89. The zero-order chi connectivity index (χ0) is 12.3. The largest absolute Gasteiger partial charge is 0.490 e. The van der Waals surface area contributed by atoms with Gasteiger partial charge in [-0.2, -0.15) is 0 Å². The van der Waals surface area contributed by atoms with Gasteiger partial charge in [-0.3, -0.25) is 0 Å². The molecule has 3 heteroatoms. The number of ether oxygens (including phenoxy) is 2. The van der Waals surface area contributed by atoms with Crippen molar-refractivity contribution in [3.05, 3.63) is 23.8 Å². The molecule has 94 valence electrons. The van der Waals surface area contributed by atoms with Crippen LogP contribution in [0.2, 0.25) is 0 Å². The summed E-state index contributed by atoms with van der Waals surface area (Å²) >= 11 is 0. The molecule has 1 aliphatic heterocycles. The van der Waals surface area contributed by atoms with Crippen LogP contribution in [0.5, 0.6) is 11.5 Å². The zero-order valence-corrected chi connectivity index (χ0v) is 10.8. The fourth-order valence-corrected chi connectivity index (χ4v) is 2.31. The fourth-order valence-electron chi connectivity index (χ4n) is 2.31. The molecule has 0 fully saturated rings. The van der Waals surface area contributed by atoms with Gasteiger partial charge in [0.05, 0.1) is 12.6 Å². The van der Waals surface area contributed by atoms with Crippen molar-refractivity contribution in [1.82, 2.24) is 5.32 Å². The van der Waals surface area contributed by atoms with E-state index in [0.29, 0.717) is 0 Å². The second-order valence-electron chi connectivity index (χ2n) is 4.35. The van der Waals surface area contributed by atoms with Crippen LogP contribution in [0.15, 0.2) is 18.2 Å². The third-order valence-electron chi connectivity index (χ3n) is 3.16. The number of para-hydroxylation sites is 1. The van der Waals surface area contributed by atoms with Crippen LogP contribution in [0.4, 0.5) is 0 Å². The van der Waals surface area contributed by atoms with Crippen LogP contribution in [0, 0.1) is 0 Å². The highest BCUT2D eigenvalue weighted by Gasteiger charge is 2.33. The molecule has 1 N–H and O–H groups in total. The van der Waals surface area contributed by atoms with E-state index in [9.17, 15) is 0 Å². The number of rotatable bonds is 5. The molecule has 2 atom stereocenters. The minimum atomic E-state index is 0.210. The van der Waals surface area contributed by atoms with Crippen LogP contribution >= 0.6 is 0 Å². The van der Waals surface area contributed by atoms with Crippen molar-refractivity contribution < 1.29 is 9.47 Å². The van der Waals surface area contributed by atoms with Gasteiger partial charge in [0.25, 0.3) is 0 Å². The molecule has 0 spiro atoms. The molecule has 0 radical (unpaired) electrons. The first kappa shape index (κ1) is 12.2. The van der Waals surface area contributed by atoms with Gasteiger partial charge in [-0.1, -0.05) is 26.0 Å². The number of hydrogen-bond donors (Lipinski definition) is 1. The Labute approximate surface area is 103 Å². The zero-order valence-electron chi connectivity index (χ0n) is 10.8. The first-order chi connectivity index (χ1) is 8.31. The lowest BCUT2D eigenvalue weighted by Gasteiger charge is -2.16. The standard InChI is InChI=1S/C14H21NO2/c1-4-9-16-12-8-6-7-10-13(15-3)11(5-2)17-14(10)12/h6-8,11,13,15H,4-5,9H2,1-3H3. The van der Waals surface area contributed by atoms with E-state index in [0.717, 1.165) is 30.9 Å². The number of fused-ring (bicyclic) bond motifs is 1. The van der Waals surface area contributed by atoms with Gasteiger partial charge in [-0.25, -0.2) is 0 Å². The number of benzene rings is 1. The molecule has 0 saturated heterocycles. The maximum Gasteiger partial charge on any atom is 0.166 e. The van der Waals surface area contributed by atoms with Crippen molar-refractivity contribution in [2.75, 3.05) is 13.7 Å². The molecule has 0 amide bonds. The summed E-state index contributed by atoms with van der Waals surface area (Å²) in [6.07, 6.45) is 2.21. The predicted molar refractivity (Wildman–Crippen MR) is 68.7 cm³/mol. The minimum absolute atomic E-state index is 0.210. The summed E-state index contributed by atoms with van der Waals surface area (Å²) in [5, 5.41) is 3.32. The Hall–Kier alpha value is -1.22. The summed E-state index contributed by atoms with van der Waals surface area (Å²) < 4.78 is 11.7. The Bertz CT molecular complexity index is 378. The van der Waals surface area contributed by atoms with Crippen molar-refractivity contribution in [3.63, 3.8) is 0 Å². The van der Waals surface area contributed by atoms with Crippen molar-refractivity contribution >= 4 is 0 Å². The smallest absolute Gasteiger partial charge is 0.166 e. The number of likely N-dealkylation sites (N-methyl/N-ethyl adjacent to an activating group) is 1. The SMILES string of the molecule is CCCOc1cccc2c1OC(CC)C2NC. The number of hydrogen-bond acceptors (Lipinski definition) is 3. The van der Waals surface area contributed by atoms with Crippen LogP contribution in [-0.4, -0.2) is 19.8 Å². The molecule has 17 heavy (non-hydrogen) atoms. The molecule has 0 aliphatic carbocycles. The van der Waals surface area contributed by atoms with Crippen LogP contribution in [0.25, 0.3) is 0 Å². The monoisotopic (exact) mass is 235 g/mol. The first-order valence-corrected chi connectivity index (χ1v) is 6.41. The highest BCUT2D eigenvalue weighted by atomic mass is 16.5. The fraction of sp³-hybridized carbons (Fsp3) is 0.571. The lowest BCUT2D eigenvalue weighted by Crippen LogP contribution is -2.27. The van der Waals surface area contributed by atoms with Gasteiger partial charge < -0.3 is 14.8 Å². The van der Waals surface area contributed by atoms with Crippen LogP contribution in [0.3, 0.4) is 0 Å². The van der Waals surface area contributed by atoms with E-state index in [-0.39, 0.29) is 12.1 Å². The highest BCUT2D eigenvalue weighted by molar-refractivity contribution is 5.51. The summed E-state index contributed by atoms with van der Waals surface area (Å²) in [5.41, 5.74) is 1.22. The first-order valence-electron chi connectivity index (χ1n) is 6.41. The molecule has 2 rings (SSSR count). The maximum absolute atomic E-state index is 6.00. The molecule has 0 aromatic heterocycles. The van der Waals surface area contributed by atoms with Crippen molar-refractivity contribution in [1.29, 1.82) is 0 Å². The lowest BCUT2D eigenvalue weighted by atomic mass is 10.0. The molecule has 0 saturated carbocycles. The van der Waals surface area contributed by atoms with Crippen LogP contribution in [0.1, 0.15) is 38.3 Å². The summed E-state index contributed by atoms with van der Waals surface area (Å²) in [6.45, 7) is 4.99. The van der Waals surface area contributed by atoms with Gasteiger partial charge in [-0.05, 0) is 26.0 Å². The molecule has 2 unspecified atom stereocenters. The summed E-state index contributed by atoms with van der Waals surface area (Å²) in [6, 6.07) is 6.42. The van der Waals surface area contributed by atoms with E-state index < -0.39 is 0 Å². The van der Waals surface area contributed by atoms with E-state index in [2.05, 4.69) is 25.2 Å². The summed E-state index contributed by atoms with van der Waals surface area (Å²) in [5.74, 6) is 1.80. The molecule has 1 heterocycles. The predicted octanol–water partition coefficient (Wildman–Crippen LogP) is 2.91. The molecule has 1 aliphatic rings. The molecule has 1 aromatic carbocycles. The Morgan fingerprint density at radius 2 is 2.18 bits per heavy atom. The molecular formula is C14H21NO2. The Morgan fingerprint density at radius 3 is 2.82 bits per heavy atom. The third-order valence-corrected chi connectivity index (χ3v) is 3.16. The average molecular weight is 235 g/mol. The lowest BCUT2D eigenvalue weighted by molar-refractivity contribution is 0.181. The van der Waals surface area contributed by atoms with E-state index in [1.54, 1.807) is 0 Å². The van der Waals surface area contributed by atoms with Crippen LogP contribution < -0.4 is 14.8 Å². The molecule has 1 aromatic rings. The molecular weight excluding hydrogens is 214 g/mol. The van der Waals surface area contributed by atoms with Crippen molar-refractivity contribution in [3.8, 4) is 11.5 Å². The topological polar surface area (TPSA) is 30.5 Å². The molecule has 0 bridgehead atoms. The Morgan fingerprint density at radius 1 is 1.35 bits per heavy atom. The van der Waals surface area contributed by atoms with Crippen molar-refractivity contribution in [2.24, 2.45) is 0 Å². The van der Waals surface area contributed by atoms with Gasteiger partial charge >= 0.3 is 0 Å². The van der Waals surface area contributed by atoms with Gasteiger partial charge in [0, 0.05) is 5.56 Å². The van der Waals surface area contributed by atoms with E-state index in [1.807, 2.05) is 19.2 Å². The third kappa shape index (κ3) is 2.25. The second kappa shape index (κ2) is 5.41. The highest BCUT2D eigenvalue weighted by Crippen LogP contribution is 2.43. The van der Waals surface area contributed by atoms with E-state index in [1.165, 1.54) is 5.56 Å². The normalized spacial score (nSPS) is 22.1. The van der Waals surface area contributed by atoms with E-state index in [4.69, 9.17) is 9.47 Å². The quantitative estimate of drug-likeness (QED) is 0.851. The summed E-state index contributed by atoms with van der Waals surface area (Å²) in [4.78, 5) is 0. The summed E-state index contributed by atoms with van der Waals surface area (Å²) in [7, 11) is 1.98. The average Bonchev–Trinajstić information content (AvgIpc) is 2.74. The van der Waals surface area contributed by atoms with E-state index >= 15 is 0 Å². The van der Waals surface area contributed by atoms with Gasteiger partial charge in [0.1, 0.15) is 6.10 Å². The maximum atomic E-state index is 6.00. The van der Waals surface area contributed by atoms with Gasteiger partial charge in [0.2, 0.25) is 0 Å². The minimum Gasteiger partial charge on any atom is -0.490 e. The van der Waals surface area contributed by atoms with Gasteiger partial charge in [0.15, 0.2) is 11.5 Å².